The molecule has 0 N–H and O–H groups in total. The van der Waals surface area contributed by atoms with E-state index in [1.54, 1.807) is 0 Å². The van der Waals surface area contributed by atoms with Gasteiger partial charge in [0.05, 0.1) is 6.10 Å². The number of carbonyl (C=O) groups excluding carboxylic acids is 1. The molecular weight excluding hydrogens is 156 g/mol. The van der Waals surface area contributed by atoms with E-state index in [1.807, 2.05) is 0 Å². The minimum Gasteiger partial charge on any atom is -0.441 e. The molecule has 0 amide bonds. The van der Waals surface area contributed by atoms with Crippen molar-refractivity contribution in [3.8, 4) is 0 Å². The van der Waals surface area contributed by atoms with E-state index >= 15 is 0 Å². The summed E-state index contributed by atoms with van der Waals surface area (Å²) >= 11 is 0. The highest BCUT2D eigenvalue weighted by Gasteiger charge is 2.11. The van der Waals surface area contributed by atoms with Gasteiger partial charge in [-0.2, -0.15) is 0 Å². The summed E-state index contributed by atoms with van der Waals surface area (Å²) in [6, 6.07) is 0. The molecule has 1 fully saturated rings. The zero-order chi connectivity index (χ0) is 8.65. The van der Waals surface area contributed by atoms with Gasteiger partial charge in [0.15, 0.2) is 6.79 Å². The molecule has 0 aliphatic heterocycles. The monoisotopic (exact) mass is 172 g/mol. The van der Waals surface area contributed by atoms with Crippen molar-refractivity contribution in [3.63, 3.8) is 0 Å². The molecule has 1 rings (SSSR count). The maximum absolute atomic E-state index is 9.81. The lowest BCUT2D eigenvalue weighted by Crippen LogP contribution is -2.13. The minimum atomic E-state index is 0.119. The number of hydrogen-bond donors (Lipinski definition) is 0. The molecule has 70 valence electrons. The quantitative estimate of drug-likeness (QED) is 0.281. The molecular formula is C9H16O3. The van der Waals surface area contributed by atoms with Crippen molar-refractivity contribution in [2.45, 2.75) is 44.6 Å². The Bertz CT molecular complexity index is 117. The molecule has 1 aliphatic carbocycles. The molecule has 0 radical (unpaired) electrons. The highest BCUT2D eigenvalue weighted by molar-refractivity contribution is 5.36. The second-order valence-electron chi connectivity index (χ2n) is 3.16. The van der Waals surface area contributed by atoms with E-state index in [1.165, 1.54) is 25.7 Å². The van der Waals surface area contributed by atoms with Crippen LogP contribution in [0.3, 0.4) is 0 Å². The summed E-state index contributed by atoms with van der Waals surface area (Å²) in [5.74, 6) is 0. The van der Waals surface area contributed by atoms with Crippen molar-refractivity contribution in [3.05, 3.63) is 0 Å². The standard InChI is InChI=1S/C9H16O3/c10-7-11-8-12-9-5-3-1-2-4-6-9/h7,9H,1-6,8H2. The minimum absolute atomic E-state index is 0.119. The van der Waals surface area contributed by atoms with Crippen LogP contribution in [-0.2, 0) is 14.3 Å². The summed E-state index contributed by atoms with van der Waals surface area (Å²) < 4.78 is 9.82. The first-order valence-corrected chi connectivity index (χ1v) is 4.60. The Hall–Kier alpha value is -0.570. The Morgan fingerprint density at radius 1 is 1.17 bits per heavy atom. The zero-order valence-electron chi connectivity index (χ0n) is 7.33. The summed E-state index contributed by atoms with van der Waals surface area (Å²) in [5, 5.41) is 0. The van der Waals surface area contributed by atoms with Gasteiger partial charge in [-0.1, -0.05) is 25.7 Å². The van der Waals surface area contributed by atoms with Crippen LogP contribution >= 0.6 is 0 Å². The van der Waals surface area contributed by atoms with E-state index in [4.69, 9.17) is 4.74 Å². The topological polar surface area (TPSA) is 35.5 Å². The fourth-order valence-electron chi connectivity index (χ4n) is 1.57. The molecule has 0 aromatic carbocycles. The van der Waals surface area contributed by atoms with Gasteiger partial charge in [0.2, 0.25) is 0 Å². The SMILES string of the molecule is O=COCOC1CCCCCC1. The highest BCUT2D eigenvalue weighted by Crippen LogP contribution is 2.19. The predicted molar refractivity (Wildman–Crippen MR) is 44.6 cm³/mol. The molecule has 0 aromatic heterocycles. The molecule has 1 saturated carbocycles. The Balaban J connectivity index is 2.07. The van der Waals surface area contributed by atoms with Crippen LogP contribution in [0.15, 0.2) is 0 Å². The van der Waals surface area contributed by atoms with Gasteiger partial charge >= 0.3 is 0 Å². The van der Waals surface area contributed by atoms with Gasteiger partial charge in [0.1, 0.15) is 0 Å². The highest BCUT2D eigenvalue weighted by atomic mass is 16.7. The van der Waals surface area contributed by atoms with E-state index in [2.05, 4.69) is 4.74 Å². The molecule has 1 aliphatic rings. The van der Waals surface area contributed by atoms with Crippen molar-refractivity contribution < 1.29 is 14.3 Å². The molecule has 0 saturated heterocycles. The van der Waals surface area contributed by atoms with Crippen molar-refractivity contribution in [2.75, 3.05) is 6.79 Å². The average Bonchev–Trinajstić information content (AvgIpc) is 2.33. The third-order valence-electron chi connectivity index (χ3n) is 2.24. The van der Waals surface area contributed by atoms with Gasteiger partial charge in [-0.3, -0.25) is 4.79 Å². The first-order chi connectivity index (χ1) is 5.93. The summed E-state index contributed by atoms with van der Waals surface area (Å²) in [7, 11) is 0. The molecule has 0 unspecified atom stereocenters. The maximum Gasteiger partial charge on any atom is 0.295 e. The lowest BCUT2D eigenvalue weighted by Gasteiger charge is -2.13. The number of carbonyl (C=O) groups is 1. The van der Waals surface area contributed by atoms with Crippen molar-refractivity contribution >= 4 is 6.47 Å². The predicted octanol–water partition coefficient (Wildman–Crippen LogP) is 1.86. The zero-order valence-corrected chi connectivity index (χ0v) is 7.33. The average molecular weight is 172 g/mol. The van der Waals surface area contributed by atoms with Gasteiger partial charge < -0.3 is 9.47 Å². The molecule has 12 heavy (non-hydrogen) atoms. The Morgan fingerprint density at radius 2 is 1.83 bits per heavy atom. The van der Waals surface area contributed by atoms with Gasteiger partial charge in [-0.25, -0.2) is 0 Å². The van der Waals surface area contributed by atoms with Crippen LogP contribution in [0.4, 0.5) is 0 Å². The van der Waals surface area contributed by atoms with Crippen LogP contribution in [0, 0.1) is 0 Å². The lowest BCUT2D eigenvalue weighted by atomic mass is 10.2. The molecule has 0 aromatic rings. The molecule has 0 spiro atoms. The summed E-state index contributed by atoms with van der Waals surface area (Å²) in [4.78, 5) is 9.81. The second-order valence-corrected chi connectivity index (χ2v) is 3.16. The van der Waals surface area contributed by atoms with E-state index in [0.717, 1.165) is 12.8 Å². The van der Waals surface area contributed by atoms with E-state index in [0.29, 0.717) is 12.6 Å². The van der Waals surface area contributed by atoms with Crippen LogP contribution in [0.5, 0.6) is 0 Å². The fraction of sp³-hybridized carbons (Fsp3) is 0.889. The number of ether oxygens (including phenoxy) is 2. The Kier molecular flexibility index (Phi) is 4.76. The van der Waals surface area contributed by atoms with Crippen molar-refractivity contribution in [1.29, 1.82) is 0 Å². The smallest absolute Gasteiger partial charge is 0.295 e. The van der Waals surface area contributed by atoms with Crippen LogP contribution in [0.25, 0.3) is 0 Å². The lowest BCUT2D eigenvalue weighted by molar-refractivity contribution is -0.146. The van der Waals surface area contributed by atoms with E-state index < -0.39 is 0 Å². The third kappa shape index (κ3) is 3.72. The summed E-state index contributed by atoms with van der Waals surface area (Å²) in [6.07, 6.45) is 7.65. The third-order valence-corrected chi connectivity index (χ3v) is 2.24. The molecule has 0 bridgehead atoms. The summed E-state index contributed by atoms with van der Waals surface area (Å²) in [5.41, 5.74) is 0. The van der Waals surface area contributed by atoms with Crippen LogP contribution in [0.1, 0.15) is 38.5 Å². The van der Waals surface area contributed by atoms with E-state index in [-0.39, 0.29) is 6.79 Å². The first-order valence-electron chi connectivity index (χ1n) is 4.60. The Morgan fingerprint density at radius 3 is 2.42 bits per heavy atom. The largest absolute Gasteiger partial charge is 0.441 e. The van der Waals surface area contributed by atoms with Crippen LogP contribution in [-0.4, -0.2) is 19.4 Å². The van der Waals surface area contributed by atoms with Crippen LogP contribution < -0.4 is 0 Å². The van der Waals surface area contributed by atoms with Gasteiger partial charge in [0, 0.05) is 0 Å². The van der Waals surface area contributed by atoms with Crippen LogP contribution in [0.2, 0.25) is 0 Å². The first kappa shape index (κ1) is 9.52. The Labute approximate surface area is 73.0 Å². The molecule has 3 heteroatoms. The maximum atomic E-state index is 9.81. The van der Waals surface area contributed by atoms with Crippen molar-refractivity contribution in [2.24, 2.45) is 0 Å². The number of rotatable bonds is 4. The van der Waals surface area contributed by atoms with Gasteiger partial charge in [0.25, 0.3) is 6.47 Å². The van der Waals surface area contributed by atoms with Gasteiger partial charge in [-0.05, 0) is 12.8 Å². The fourth-order valence-corrected chi connectivity index (χ4v) is 1.57. The normalized spacial score (nSPS) is 20.0. The van der Waals surface area contributed by atoms with Crippen molar-refractivity contribution in [1.82, 2.24) is 0 Å². The molecule has 0 atom stereocenters. The molecule has 0 heterocycles. The molecule has 3 nitrogen and oxygen atoms in total. The van der Waals surface area contributed by atoms with E-state index in [9.17, 15) is 4.79 Å². The number of hydrogen-bond acceptors (Lipinski definition) is 3. The second kappa shape index (κ2) is 6.00. The summed E-state index contributed by atoms with van der Waals surface area (Å²) in [6.45, 7) is 0.546. The van der Waals surface area contributed by atoms with Gasteiger partial charge in [-0.15, -0.1) is 0 Å².